The van der Waals surface area contributed by atoms with Crippen molar-refractivity contribution >= 4 is 34.6 Å². The molecule has 3 amide bonds. The fourth-order valence-electron chi connectivity index (χ4n) is 2.89. The number of aliphatic carboxylic acids is 1. The van der Waals surface area contributed by atoms with Crippen LogP contribution < -0.4 is 21.7 Å². The number of aromatic amines is 1. The Kier molecular flexibility index (Phi) is 8.11. The van der Waals surface area contributed by atoms with Gasteiger partial charge in [0.05, 0.1) is 12.6 Å². The van der Waals surface area contributed by atoms with Crippen LogP contribution in [0.1, 0.15) is 19.4 Å². The number of benzene rings is 1. The van der Waals surface area contributed by atoms with Crippen molar-refractivity contribution in [3.05, 3.63) is 36.0 Å². The van der Waals surface area contributed by atoms with Crippen LogP contribution in [0.15, 0.2) is 30.5 Å². The predicted octanol–water partition coefficient (Wildman–Crippen LogP) is -1.39. The molecular weight excluding hydrogens is 406 g/mol. The third-order valence-corrected chi connectivity index (χ3v) is 4.69. The molecular formula is C20H27N5O6. The van der Waals surface area contributed by atoms with Crippen LogP contribution in [0.25, 0.3) is 10.9 Å². The quantitative estimate of drug-likeness (QED) is 0.240. The van der Waals surface area contributed by atoms with Crippen molar-refractivity contribution in [1.82, 2.24) is 20.9 Å². The van der Waals surface area contributed by atoms with Gasteiger partial charge >= 0.3 is 5.97 Å². The van der Waals surface area contributed by atoms with Crippen LogP contribution in [-0.4, -0.2) is 69.7 Å². The van der Waals surface area contributed by atoms with Crippen LogP contribution in [0.5, 0.6) is 0 Å². The van der Waals surface area contributed by atoms with Crippen molar-refractivity contribution in [3.8, 4) is 0 Å². The minimum absolute atomic E-state index is 0.0489. The highest BCUT2D eigenvalue weighted by Gasteiger charge is 2.29. The maximum Gasteiger partial charge on any atom is 0.328 e. The maximum absolute atomic E-state index is 12.7. The zero-order valence-electron chi connectivity index (χ0n) is 17.2. The van der Waals surface area contributed by atoms with E-state index in [1.807, 2.05) is 24.3 Å². The van der Waals surface area contributed by atoms with Gasteiger partial charge < -0.3 is 36.9 Å². The average Bonchev–Trinajstić information content (AvgIpc) is 3.13. The third kappa shape index (κ3) is 6.27. The summed E-state index contributed by atoms with van der Waals surface area (Å²) in [7, 11) is 0. The Morgan fingerprint density at radius 3 is 2.26 bits per heavy atom. The van der Waals surface area contributed by atoms with Gasteiger partial charge in [-0.3, -0.25) is 14.4 Å². The van der Waals surface area contributed by atoms with Crippen LogP contribution in [0.2, 0.25) is 0 Å². The second kappa shape index (κ2) is 10.5. The van der Waals surface area contributed by atoms with E-state index in [1.54, 1.807) is 6.20 Å². The number of hydrogen-bond donors (Lipinski definition) is 7. The lowest BCUT2D eigenvalue weighted by Gasteiger charge is -2.23. The number of nitrogens with two attached hydrogens (primary N) is 1. The van der Waals surface area contributed by atoms with Gasteiger partial charge in [0, 0.05) is 23.5 Å². The molecule has 0 saturated heterocycles. The Hall–Kier alpha value is -3.44. The molecule has 11 nitrogen and oxygen atoms in total. The number of fused-ring (bicyclic) bond motifs is 1. The number of carbonyl (C=O) groups excluding carboxylic acids is 3. The first-order valence-electron chi connectivity index (χ1n) is 9.69. The molecule has 8 N–H and O–H groups in total. The summed E-state index contributed by atoms with van der Waals surface area (Å²) in [6, 6.07) is 2.88. The van der Waals surface area contributed by atoms with Crippen molar-refractivity contribution in [2.45, 2.75) is 44.4 Å². The number of carboxylic acids is 1. The number of aliphatic hydroxyl groups excluding tert-OH is 1. The summed E-state index contributed by atoms with van der Waals surface area (Å²) < 4.78 is 0. The fraction of sp³-hybridized carbons (Fsp3) is 0.400. The van der Waals surface area contributed by atoms with E-state index in [0.717, 1.165) is 16.5 Å². The molecule has 1 heterocycles. The molecule has 4 atom stereocenters. The van der Waals surface area contributed by atoms with E-state index in [-0.39, 0.29) is 6.42 Å². The van der Waals surface area contributed by atoms with Gasteiger partial charge in [-0.2, -0.15) is 0 Å². The summed E-state index contributed by atoms with van der Waals surface area (Å²) in [6.45, 7) is 2.09. The summed E-state index contributed by atoms with van der Waals surface area (Å²) in [6.07, 6.45) is 1.74. The minimum Gasteiger partial charge on any atom is -0.480 e. The molecule has 0 aliphatic heterocycles. The van der Waals surface area contributed by atoms with Crippen molar-refractivity contribution in [3.63, 3.8) is 0 Å². The van der Waals surface area contributed by atoms with Crippen molar-refractivity contribution < 1.29 is 29.4 Å². The first-order valence-corrected chi connectivity index (χ1v) is 9.69. The van der Waals surface area contributed by atoms with E-state index in [2.05, 4.69) is 20.9 Å². The van der Waals surface area contributed by atoms with E-state index < -0.39 is 54.5 Å². The molecule has 4 unspecified atom stereocenters. The summed E-state index contributed by atoms with van der Waals surface area (Å²) in [5.74, 6) is -3.38. The van der Waals surface area contributed by atoms with Crippen molar-refractivity contribution in [2.75, 3.05) is 6.61 Å². The first kappa shape index (κ1) is 23.8. The highest BCUT2D eigenvalue weighted by Crippen LogP contribution is 2.19. The lowest BCUT2D eigenvalue weighted by molar-refractivity contribution is -0.143. The van der Waals surface area contributed by atoms with E-state index >= 15 is 0 Å². The topological polar surface area (TPSA) is 187 Å². The Morgan fingerprint density at radius 2 is 1.65 bits per heavy atom. The summed E-state index contributed by atoms with van der Waals surface area (Å²) in [4.78, 5) is 51.3. The largest absolute Gasteiger partial charge is 0.480 e. The van der Waals surface area contributed by atoms with Crippen molar-refractivity contribution in [1.29, 1.82) is 0 Å². The molecule has 31 heavy (non-hydrogen) atoms. The predicted molar refractivity (Wildman–Crippen MR) is 112 cm³/mol. The number of carboxylic acid groups (broad SMARTS) is 1. The Balaban J connectivity index is 2.22. The SMILES string of the molecule is CC(N)C(=O)NC(C)C(=O)NC(Cc1c[nH]c2ccccc12)C(=O)NC(CO)C(=O)O. The lowest BCUT2D eigenvalue weighted by Crippen LogP contribution is -2.57. The number of amides is 3. The molecule has 0 aliphatic rings. The molecule has 0 aliphatic carbocycles. The number of para-hydroxylation sites is 1. The molecule has 1 aromatic heterocycles. The summed E-state index contributed by atoms with van der Waals surface area (Å²) in [5.41, 5.74) is 7.04. The Morgan fingerprint density at radius 1 is 1.00 bits per heavy atom. The monoisotopic (exact) mass is 433 g/mol. The van der Waals surface area contributed by atoms with Gasteiger partial charge in [-0.15, -0.1) is 0 Å². The molecule has 2 rings (SSSR count). The van der Waals surface area contributed by atoms with Crippen LogP contribution in [0, 0.1) is 0 Å². The second-order valence-electron chi connectivity index (χ2n) is 7.23. The maximum atomic E-state index is 12.7. The molecule has 0 radical (unpaired) electrons. The normalized spacial score (nSPS) is 14.8. The van der Waals surface area contributed by atoms with Crippen molar-refractivity contribution in [2.24, 2.45) is 5.73 Å². The van der Waals surface area contributed by atoms with Gasteiger partial charge in [-0.05, 0) is 25.5 Å². The van der Waals surface area contributed by atoms with Gasteiger partial charge in [0.2, 0.25) is 17.7 Å². The highest BCUT2D eigenvalue weighted by atomic mass is 16.4. The standard InChI is InChI=1S/C20H27N5O6/c1-10(21)17(27)23-11(2)18(28)24-15(19(29)25-16(9-26)20(30)31)7-12-8-22-14-6-4-3-5-13(12)14/h3-6,8,10-11,15-16,22,26H,7,9,21H2,1-2H3,(H,23,27)(H,24,28)(H,25,29)(H,30,31). The van der Waals surface area contributed by atoms with Crippen LogP contribution in [0.3, 0.4) is 0 Å². The molecule has 1 aromatic carbocycles. The Labute approximate surface area is 178 Å². The highest BCUT2D eigenvalue weighted by molar-refractivity contribution is 5.94. The number of H-pyrrole nitrogens is 1. The van der Waals surface area contributed by atoms with Gasteiger partial charge in [0.25, 0.3) is 0 Å². The zero-order chi connectivity index (χ0) is 23.1. The number of aliphatic hydroxyl groups is 1. The average molecular weight is 433 g/mol. The van der Waals surface area contributed by atoms with E-state index in [4.69, 9.17) is 10.8 Å². The molecule has 2 aromatic rings. The third-order valence-electron chi connectivity index (χ3n) is 4.69. The number of aromatic nitrogens is 1. The van der Waals surface area contributed by atoms with Gasteiger partial charge in [-0.1, -0.05) is 18.2 Å². The fourth-order valence-corrected chi connectivity index (χ4v) is 2.89. The Bertz CT molecular complexity index is 956. The molecule has 11 heteroatoms. The van der Waals surface area contributed by atoms with Crippen LogP contribution in [0.4, 0.5) is 0 Å². The summed E-state index contributed by atoms with van der Waals surface area (Å²) >= 11 is 0. The van der Waals surface area contributed by atoms with Gasteiger partial charge in [-0.25, -0.2) is 4.79 Å². The van der Waals surface area contributed by atoms with Crippen LogP contribution >= 0.6 is 0 Å². The minimum atomic E-state index is -1.52. The molecule has 0 spiro atoms. The smallest absolute Gasteiger partial charge is 0.328 e. The second-order valence-corrected chi connectivity index (χ2v) is 7.23. The first-order chi connectivity index (χ1) is 14.6. The molecule has 0 saturated carbocycles. The number of nitrogens with one attached hydrogen (secondary N) is 4. The number of hydrogen-bond acceptors (Lipinski definition) is 6. The lowest BCUT2D eigenvalue weighted by atomic mass is 10.0. The van der Waals surface area contributed by atoms with E-state index in [9.17, 15) is 24.3 Å². The zero-order valence-corrected chi connectivity index (χ0v) is 17.2. The summed E-state index contributed by atoms with van der Waals surface area (Å²) in [5, 5.41) is 26.3. The molecule has 0 bridgehead atoms. The van der Waals surface area contributed by atoms with Crippen LogP contribution in [-0.2, 0) is 25.6 Å². The van der Waals surface area contributed by atoms with E-state index in [1.165, 1.54) is 13.8 Å². The molecule has 0 fully saturated rings. The van der Waals surface area contributed by atoms with Gasteiger partial charge in [0.1, 0.15) is 18.1 Å². The molecule has 168 valence electrons. The van der Waals surface area contributed by atoms with Gasteiger partial charge in [0.15, 0.2) is 0 Å². The van der Waals surface area contributed by atoms with E-state index in [0.29, 0.717) is 0 Å². The number of carbonyl (C=O) groups is 4. The number of rotatable bonds is 10.